The van der Waals surface area contributed by atoms with Crippen molar-refractivity contribution < 1.29 is 19.1 Å². The Balaban J connectivity index is 2.32. The van der Waals surface area contributed by atoms with Crippen molar-refractivity contribution in [3.63, 3.8) is 0 Å². The van der Waals surface area contributed by atoms with Gasteiger partial charge in [0.15, 0.2) is 0 Å². The number of hydrogen-bond acceptors (Lipinski definition) is 4. The number of allylic oxidation sites excluding steroid dienone is 1. The summed E-state index contributed by atoms with van der Waals surface area (Å²) in [5, 5.41) is 0. The average Bonchev–Trinajstić information content (AvgIpc) is 2.51. The molecule has 1 aromatic rings. The van der Waals surface area contributed by atoms with Crippen molar-refractivity contribution in [2.75, 3.05) is 13.2 Å². The second-order valence-electron chi connectivity index (χ2n) is 4.53. The minimum Gasteiger partial charge on any atom is -0.459 e. The van der Waals surface area contributed by atoms with Gasteiger partial charge in [-0.05, 0) is 25.0 Å². The Kier molecular flexibility index (Phi) is 7.87. The molecule has 0 fully saturated rings. The molecule has 0 radical (unpaired) electrons. The first kappa shape index (κ1) is 17.0. The van der Waals surface area contributed by atoms with Gasteiger partial charge in [0.05, 0.1) is 5.56 Å². The minimum atomic E-state index is -0.412. The molecule has 21 heavy (non-hydrogen) atoms. The van der Waals surface area contributed by atoms with E-state index in [9.17, 15) is 9.59 Å². The van der Waals surface area contributed by atoms with Crippen molar-refractivity contribution >= 4 is 11.9 Å². The number of carbonyl (C=O) groups excluding carboxylic acids is 2. The zero-order valence-electron chi connectivity index (χ0n) is 12.6. The van der Waals surface area contributed by atoms with Crippen molar-refractivity contribution in [3.8, 4) is 0 Å². The van der Waals surface area contributed by atoms with Gasteiger partial charge in [0.25, 0.3) is 0 Å². The van der Waals surface area contributed by atoms with Crippen LogP contribution < -0.4 is 0 Å². The first-order chi connectivity index (χ1) is 10.2. The van der Waals surface area contributed by atoms with E-state index in [-0.39, 0.29) is 19.2 Å². The van der Waals surface area contributed by atoms with Crippen LogP contribution in [0.1, 0.15) is 43.5 Å². The molecule has 0 amide bonds. The third-order valence-corrected chi connectivity index (χ3v) is 2.79. The molecule has 1 aromatic carbocycles. The normalized spacial score (nSPS) is 11.0. The molecule has 0 aliphatic carbocycles. The summed E-state index contributed by atoms with van der Waals surface area (Å²) < 4.78 is 10.2. The van der Waals surface area contributed by atoms with E-state index >= 15 is 0 Å². The molecule has 0 aromatic heterocycles. The monoisotopic (exact) mass is 290 g/mol. The van der Waals surface area contributed by atoms with Gasteiger partial charge in [-0.15, -0.1) is 0 Å². The van der Waals surface area contributed by atoms with E-state index < -0.39 is 5.97 Å². The molecule has 114 valence electrons. The van der Waals surface area contributed by atoms with Crippen molar-refractivity contribution in [1.82, 2.24) is 0 Å². The Bertz CT molecular complexity index is 477. The van der Waals surface area contributed by atoms with Gasteiger partial charge in [-0.25, -0.2) is 9.59 Å². The summed E-state index contributed by atoms with van der Waals surface area (Å²) in [7, 11) is 0. The third-order valence-electron chi connectivity index (χ3n) is 2.79. The zero-order valence-corrected chi connectivity index (χ0v) is 12.6. The van der Waals surface area contributed by atoms with Gasteiger partial charge in [-0.3, -0.25) is 0 Å². The molecule has 0 aliphatic rings. The lowest BCUT2D eigenvalue weighted by molar-refractivity contribution is -0.140. The molecule has 0 aliphatic heterocycles. The molecule has 0 unspecified atom stereocenters. The molecule has 0 bridgehead atoms. The minimum absolute atomic E-state index is 0.0605. The van der Waals surface area contributed by atoms with Crippen molar-refractivity contribution in [3.05, 3.63) is 47.5 Å². The van der Waals surface area contributed by atoms with Gasteiger partial charge in [0, 0.05) is 5.57 Å². The van der Waals surface area contributed by atoms with Crippen molar-refractivity contribution in [2.24, 2.45) is 0 Å². The van der Waals surface area contributed by atoms with E-state index in [1.807, 2.05) is 26.0 Å². The van der Waals surface area contributed by atoms with Crippen molar-refractivity contribution in [1.29, 1.82) is 0 Å². The first-order valence-corrected chi connectivity index (χ1v) is 7.27. The van der Waals surface area contributed by atoms with Crippen LogP contribution in [-0.2, 0) is 14.3 Å². The van der Waals surface area contributed by atoms with Crippen LogP contribution in [-0.4, -0.2) is 25.2 Å². The first-order valence-electron chi connectivity index (χ1n) is 7.27. The van der Waals surface area contributed by atoms with Gasteiger partial charge in [-0.2, -0.15) is 0 Å². The fourth-order valence-electron chi connectivity index (χ4n) is 1.82. The van der Waals surface area contributed by atoms with E-state index in [1.54, 1.807) is 24.3 Å². The summed E-state index contributed by atoms with van der Waals surface area (Å²) in [4.78, 5) is 23.5. The largest absolute Gasteiger partial charge is 0.459 e. The summed E-state index contributed by atoms with van der Waals surface area (Å²) in [6.45, 7) is 4.12. The fraction of sp³-hybridized carbons (Fsp3) is 0.412. The smallest absolute Gasteiger partial charge is 0.338 e. The second kappa shape index (κ2) is 9.75. The maximum atomic E-state index is 11.8. The summed E-state index contributed by atoms with van der Waals surface area (Å²) >= 11 is 0. The topological polar surface area (TPSA) is 52.6 Å². The number of benzene rings is 1. The highest BCUT2D eigenvalue weighted by molar-refractivity contribution is 5.89. The summed E-state index contributed by atoms with van der Waals surface area (Å²) in [5.41, 5.74) is 1.18. The van der Waals surface area contributed by atoms with Crippen molar-refractivity contribution in [2.45, 2.75) is 33.1 Å². The summed E-state index contributed by atoms with van der Waals surface area (Å²) in [6.07, 6.45) is 4.27. The van der Waals surface area contributed by atoms with Gasteiger partial charge in [0.2, 0.25) is 0 Å². The van der Waals surface area contributed by atoms with E-state index in [0.29, 0.717) is 17.6 Å². The Morgan fingerprint density at radius 2 is 1.71 bits per heavy atom. The predicted octanol–water partition coefficient (Wildman–Crippen LogP) is 3.52. The Morgan fingerprint density at radius 1 is 1.05 bits per heavy atom. The lowest BCUT2D eigenvalue weighted by atomic mass is 10.1. The highest BCUT2D eigenvalue weighted by Gasteiger charge is 2.10. The molecule has 0 atom stereocenters. The molecular formula is C17H22O4. The number of ether oxygens (including phenoxy) is 2. The van der Waals surface area contributed by atoms with Crippen LogP contribution in [0.3, 0.4) is 0 Å². The summed E-state index contributed by atoms with van der Waals surface area (Å²) in [6, 6.07) is 8.72. The van der Waals surface area contributed by atoms with Crippen LogP contribution >= 0.6 is 0 Å². The van der Waals surface area contributed by atoms with Gasteiger partial charge in [-0.1, -0.05) is 44.5 Å². The van der Waals surface area contributed by atoms with Crippen LogP contribution in [0.25, 0.3) is 0 Å². The molecule has 0 saturated carbocycles. The Morgan fingerprint density at radius 3 is 2.33 bits per heavy atom. The highest BCUT2D eigenvalue weighted by Crippen LogP contribution is 2.08. The van der Waals surface area contributed by atoms with Crippen LogP contribution in [0.4, 0.5) is 0 Å². The van der Waals surface area contributed by atoms with Gasteiger partial charge in [0.1, 0.15) is 13.2 Å². The fourth-order valence-corrected chi connectivity index (χ4v) is 1.82. The second-order valence-corrected chi connectivity index (χ2v) is 4.53. The lowest BCUT2D eigenvalue weighted by Gasteiger charge is -2.08. The standard InChI is InChI=1S/C17H22O4/c1-3-8-14(9-4-2)16(18)20-12-13-21-17(19)15-10-6-5-7-11-15/h5-8,10-11H,3-4,9,12-13H2,1-2H3/b14-8+. The highest BCUT2D eigenvalue weighted by atomic mass is 16.6. The molecule has 0 spiro atoms. The zero-order chi connectivity index (χ0) is 15.5. The molecule has 0 saturated heterocycles. The maximum Gasteiger partial charge on any atom is 0.338 e. The maximum absolute atomic E-state index is 11.8. The third kappa shape index (κ3) is 6.25. The molecule has 0 N–H and O–H groups in total. The van der Waals surface area contributed by atoms with Crippen LogP contribution in [0, 0.1) is 0 Å². The molecule has 1 rings (SSSR count). The van der Waals surface area contributed by atoms with E-state index in [1.165, 1.54) is 0 Å². The average molecular weight is 290 g/mol. The molecular weight excluding hydrogens is 268 g/mol. The Labute approximate surface area is 125 Å². The van der Waals surface area contributed by atoms with E-state index in [0.717, 1.165) is 12.8 Å². The number of hydrogen-bond donors (Lipinski definition) is 0. The van der Waals surface area contributed by atoms with E-state index in [2.05, 4.69) is 0 Å². The van der Waals surface area contributed by atoms with Crippen LogP contribution in [0.15, 0.2) is 42.0 Å². The number of rotatable bonds is 8. The molecule has 4 heteroatoms. The number of esters is 2. The number of carbonyl (C=O) groups is 2. The van der Waals surface area contributed by atoms with Crippen LogP contribution in [0.5, 0.6) is 0 Å². The van der Waals surface area contributed by atoms with E-state index in [4.69, 9.17) is 9.47 Å². The van der Waals surface area contributed by atoms with Gasteiger partial charge >= 0.3 is 11.9 Å². The molecule has 4 nitrogen and oxygen atoms in total. The Hall–Kier alpha value is -2.10. The quantitative estimate of drug-likeness (QED) is 0.417. The SMILES string of the molecule is CC/C=C(\CCC)C(=O)OCCOC(=O)c1ccccc1. The lowest BCUT2D eigenvalue weighted by Crippen LogP contribution is -2.15. The predicted molar refractivity (Wildman–Crippen MR) is 81.0 cm³/mol. The summed E-state index contributed by atoms with van der Waals surface area (Å²) in [5.74, 6) is -0.737. The van der Waals surface area contributed by atoms with Crippen LogP contribution in [0.2, 0.25) is 0 Å². The van der Waals surface area contributed by atoms with Gasteiger partial charge < -0.3 is 9.47 Å². The molecule has 0 heterocycles.